The van der Waals surface area contributed by atoms with Crippen molar-refractivity contribution in [3.63, 3.8) is 0 Å². The first-order valence-corrected chi connectivity index (χ1v) is 7.44. The van der Waals surface area contributed by atoms with Gasteiger partial charge in [-0.3, -0.25) is 0 Å². The first-order chi connectivity index (χ1) is 8.49. The average Bonchev–Trinajstić information content (AvgIpc) is 3.10. The molecule has 0 amide bonds. The lowest BCUT2D eigenvalue weighted by Gasteiger charge is -2.38. The number of hydrogen-bond donors (Lipinski definition) is 1. The molecular formula is C15H29NO2. The predicted molar refractivity (Wildman–Crippen MR) is 73.8 cm³/mol. The highest BCUT2D eigenvalue weighted by atomic mass is 16.5. The first kappa shape index (κ1) is 14.3. The van der Waals surface area contributed by atoms with Crippen LogP contribution in [0.2, 0.25) is 0 Å². The largest absolute Gasteiger partial charge is 0.381 e. The maximum absolute atomic E-state index is 5.91. The lowest BCUT2D eigenvalue weighted by atomic mass is 9.77. The standard InChI is InChI=1S/C15H29NO2/c1-14(2,3)18-11-8-15(6-9-17-10-7-15)12-16-13-4-5-13/h13,16H,4-12H2,1-3H3. The molecule has 1 aliphatic heterocycles. The van der Waals surface area contributed by atoms with Gasteiger partial charge in [-0.1, -0.05) is 0 Å². The van der Waals surface area contributed by atoms with Crippen LogP contribution in [0.25, 0.3) is 0 Å². The van der Waals surface area contributed by atoms with E-state index in [1.165, 1.54) is 25.7 Å². The maximum atomic E-state index is 5.91. The van der Waals surface area contributed by atoms with Gasteiger partial charge < -0.3 is 14.8 Å². The van der Waals surface area contributed by atoms with E-state index in [1.807, 2.05) is 0 Å². The summed E-state index contributed by atoms with van der Waals surface area (Å²) in [6.07, 6.45) is 6.25. The minimum atomic E-state index is -0.0176. The van der Waals surface area contributed by atoms with Crippen LogP contribution in [-0.4, -0.2) is 38.0 Å². The fraction of sp³-hybridized carbons (Fsp3) is 1.00. The Kier molecular flexibility index (Phi) is 4.68. The quantitative estimate of drug-likeness (QED) is 0.791. The van der Waals surface area contributed by atoms with Crippen molar-refractivity contribution in [1.82, 2.24) is 5.32 Å². The maximum Gasteiger partial charge on any atom is 0.0598 e. The van der Waals surface area contributed by atoms with Crippen LogP contribution in [-0.2, 0) is 9.47 Å². The van der Waals surface area contributed by atoms with Gasteiger partial charge in [-0.2, -0.15) is 0 Å². The van der Waals surface area contributed by atoms with Crippen molar-refractivity contribution in [3.8, 4) is 0 Å². The molecule has 2 aliphatic rings. The van der Waals surface area contributed by atoms with Crippen LogP contribution < -0.4 is 5.32 Å². The van der Waals surface area contributed by atoms with E-state index in [0.717, 1.165) is 38.8 Å². The normalized spacial score (nSPS) is 24.2. The molecule has 3 nitrogen and oxygen atoms in total. The third kappa shape index (κ3) is 4.87. The fourth-order valence-corrected chi connectivity index (χ4v) is 2.54. The smallest absolute Gasteiger partial charge is 0.0598 e. The Balaban J connectivity index is 1.78. The van der Waals surface area contributed by atoms with E-state index in [4.69, 9.17) is 9.47 Å². The van der Waals surface area contributed by atoms with Crippen molar-refractivity contribution in [2.24, 2.45) is 5.41 Å². The molecule has 0 spiro atoms. The summed E-state index contributed by atoms with van der Waals surface area (Å²) in [5, 5.41) is 3.70. The summed E-state index contributed by atoms with van der Waals surface area (Å²) >= 11 is 0. The second-order valence-corrected chi connectivity index (χ2v) is 6.98. The lowest BCUT2D eigenvalue weighted by Crippen LogP contribution is -2.41. The second-order valence-electron chi connectivity index (χ2n) is 6.98. The molecule has 0 aromatic rings. The Morgan fingerprint density at radius 2 is 1.89 bits per heavy atom. The summed E-state index contributed by atoms with van der Waals surface area (Å²) in [4.78, 5) is 0. The highest BCUT2D eigenvalue weighted by molar-refractivity contribution is 4.89. The van der Waals surface area contributed by atoms with Crippen LogP contribution in [0.15, 0.2) is 0 Å². The molecule has 1 saturated carbocycles. The summed E-state index contributed by atoms with van der Waals surface area (Å²) in [6.45, 7) is 10.2. The van der Waals surface area contributed by atoms with E-state index in [9.17, 15) is 0 Å². The zero-order chi connectivity index (χ0) is 13.1. The summed E-state index contributed by atoms with van der Waals surface area (Å²) < 4.78 is 11.4. The Hall–Kier alpha value is -0.120. The van der Waals surface area contributed by atoms with E-state index < -0.39 is 0 Å². The van der Waals surface area contributed by atoms with Gasteiger partial charge in [0.15, 0.2) is 0 Å². The zero-order valence-electron chi connectivity index (χ0n) is 12.3. The van der Waals surface area contributed by atoms with Gasteiger partial charge in [-0.25, -0.2) is 0 Å². The predicted octanol–water partition coefficient (Wildman–Crippen LogP) is 2.74. The van der Waals surface area contributed by atoms with E-state index in [-0.39, 0.29) is 5.60 Å². The van der Waals surface area contributed by atoms with Crippen molar-refractivity contribution < 1.29 is 9.47 Å². The van der Waals surface area contributed by atoms with Crippen LogP contribution in [0.4, 0.5) is 0 Å². The third-order valence-electron chi connectivity index (χ3n) is 4.06. The molecule has 0 unspecified atom stereocenters. The van der Waals surface area contributed by atoms with Crippen LogP contribution in [0.1, 0.15) is 52.9 Å². The number of ether oxygens (including phenoxy) is 2. The van der Waals surface area contributed by atoms with Crippen molar-refractivity contribution in [3.05, 3.63) is 0 Å². The van der Waals surface area contributed by atoms with Gasteiger partial charge in [0.1, 0.15) is 0 Å². The summed E-state index contributed by atoms with van der Waals surface area (Å²) in [5.41, 5.74) is 0.391. The van der Waals surface area contributed by atoms with E-state index in [0.29, 0.717) is 5.41 Å². The molecule has 106 valence electrons. The summed E-state index contributed by atoms with van der Waals surface area (Å²) in [7, 11) is 0. The van der Waals surface area contributed by atoms with Gasteiger partial charge in [0.25, 0.3) is 0 Å². The molecular weight excluding hydrogens is 226 g/mol. The van der Waals surface area contributed by atoms with Crippen LogP contribution in [0.5, 0.6) is 0 Å². The van der Waals surface area contributed by atoms with Gasteiger partial charge in [0.2, 0.25) is 0 Å². The monoisotopic (exact) mass is 255 g/mol. The number of nitrogens with one attached hydrogen (secondary N) is 1. The van der Waals surface area contributed by atoms with E-state index in [2.05, 4.69) is 26.1 Å². The molecule has 0 atom stereocenters. The molecule has 1 aliphatic carbocycles. The average molecular weight is 255 g/mol. The lowest BCUT2D eigenvalue weighted by molar-refractivity contribution is -0.0432. The third-order valence-corrected chi connectivity index (χ3v) is 4.06. The van der Waals surface area contributed by atoms with Crippen LogP contribution >= 0.6 is 0 Å². The molecule has 2 rings (SSSR count). The van der Waals surface area contributed by atoms with Gasteiger partial charge in [-0.05, 0) is 58.3 Å². The number of rotatable bonds is 6. The van der Waals surface area contributed by atoms with Crippen LogP contribution in [0.3, 0.4) is 0 Å². The zero-order valence-corrected chi connectivity index (χ0v) is 12.3. The fourth-order valence-electron chi connectivity index (χ4n) is 2.54. The Labute approximate surface area is 112 Å². The van der Waals surface area contributed by atoms with Crippen molar-refractivity contribution in [2.75, 3.05) is 26.4 Å². The second kappa shape index (κ2) is 5.89. The molecule has 0 aromatic carbocycles. The minimum absolute atomic E-state index is 0.0176. The van der Waals surface area contributed by atoms with Gasteiger partial charge in [-0.15, -0.1) is 0 Å². The molecule has 1 saturated heterocycles. The van der Waals surface area contributed by atoms with Crippen molar-refractivity contribution in [1.29, 1.82) is 0 Å². The molecule has 1 heterocycles. The summed E-state index contributed by atoms with van der Waals surface area (Å²) in [5.74, 6) is 0. The molecule has 18 heavy (non-hydrogen) atoms. The highest BCUT2D eigenvalue weighted by Gasteiger charge is 2.34. The van der Waals surface area contributed by atoms with Crippen molar-refractivity contribution in [2.45, 2.75) is 64.5 Å². The molecule has 0 radical (unpaired) electrons. The Morgan fingerprint density at radius 1 is 1.22 bits per heavy atom. The van der Waals surface area contributed by atoms with Crippen molar-refractivity contribution >= 4 is 0 Å². The molecule has 0 aromatic heterocycles. The highest BCUT2D eigenvalue weighted by Crippen LogP contribution is 2.35. The Bertz CT molecular complexity index is 250. The first-order valence-electron chi connectivity index (χ1n) is 7.44. The number of hydrogen-bond acceptors (Lipinski definition) is 3. The van der Waals surface area contributed by atoms with E-state index >= 15 is 0 Å². The molecule has 2 fully saturated rings. The summed E-state index contributed by atoms with van der Waals surface area (Å²) in [6, 6.07) is 0.799. The SMILES string of the molecule is CC(C)(C)OCCC1(CNC2CC2)CCOCC1. The van der Waals surface area contributed by atoms with Gasteiger partial charge in [0.05, 0.1) is 5.60 Å². The van der Waals surface area contributed by atoms with E-state index in [1.54, 1.807) is 0 Å². The Morgan fingerprint density at radius 3 is 2.44 bits per heavy atom. The van der Waals surface area contributed by atoms with Gasteiger partial charge >= 0.3 is 0 Å². The topological polar surface area (TPSA) is 30.5 Å². The molecule has 0 bridgehead atoms. The van der Waals surface area contributed by atoms with Crippen LogP contribution in [0, 0.1) is 5.41 Å². The molecule has 3 heteroatoms. The minimum Gasteiger partial charge on any atom is -0.381 e. The molecule has 1 N–H and O–H groups in total. The van der Waals surface area contributed by atoms with Gasteiger partial charge in [0, 0.05) is 32.4 Å².